The molecule has 1 atom stereocenters. The Morgan fingerprint density at radius 3 is 2.16 bits per heavy atom. The Morgan fingerprint density at radius 1 is 1.00 bits per heavy atom. The van der Waals surface area contributed by atoms with Crippen LogP contribution in [0.4, 0.5) is 4.39 Å². The molecular weight excluding hydrogens is 333 g/mol. The SMILES string of the molecule is CCc1ccc([C@@H](CNC(=S)NCc2ccc(F)cc2)N(C)C)cc1. The van der Waals surface area contributed by atoms with Crippen LogP contribution in [0.25, 0.3) is 0 Å². The third-order valence-electron chi connectivity index (χ3n) is 4.22. The molecule has 2 aromatic carbocycles. The van der Waals surface area contributed by atoms with Gasteiger partial charge in [-0.25, -0.2) is 4.39 Å². The molecule has 0 unspecified atom stereocenters. The van der Waals surface area contributed by atoms with E-state index in [0.717, 1.165) is 12.0 Å². The molecular formula is C20H26FN3S. The van der Waals surface area contributed by atoms with Crippen LogP contribution >= 0.6 is 12.2 Å². The summed E-state index contributed by atoms with van der Waals surface area (Å²) in [5.41, 5.74) is 3.59. The van der Waals surface area contributed by atoms with Gasteiger partial charge in [0.1, 0.15) is 5.82 Å². The molecule has 5 heteroatoms. The van der Waals surface area contributed by atoms with Gasteiger partial charge in [-0.15, -0.1) is 0 Å². The molecule has 0 bridgehead atoms. The molecule has 0 saturated heterocycles. The van der Waals surface area contributed by atoms with Crippen LogP contribution in [-0.2, 0) is 13.0 Å². The largest absolute Gasteiger partial charge is 0.361 e. The van der Waals surface area contributed by atoms with E-state index in [4.69, 9.17) is 12.2 Å². The molecule has 0 aliphatic rings. The number of aryl methyl sites for hydroxylation is 1. The first-order chi connectivity index (χ1) is 12.0. The van der Waals surface area contributed by atoms with Crippen LogP contribution in [0.2, 0.25) is 0 Å². The van der Waals surface area contributed by atoms with Gasteiger partial charge in [0.2, 0.25) is 0 Å². The maximum atomic E-state index is 12.9. The third kappa shape index (κ3) is 6.11. The summed E-state index contributed by atoms with van der Waals surface area (Å²) in [7, 11) is 4.13. The summed E-state index contributed by atoms with van der Waals surface area (Å²) in [6, 6.07) is 15.4. The number of nitrogens with zero attached hydrogens (tertiary/aromatic N) is 1. The Kier molecular flexibility index (Phi) is 7.34. The highest BCUT2D eigenvalue weighted by Gasteiger charge is 2.14. The minimum atomic E-state index is -0.229. The summed E-state index contributed by atoms with van der Waals surface area (Å²) in [6.45, 7) is 3.45. The van der Waals surface area contributed by atoms with Gasteiger partial charge in [-0.2, -0.15) is 0 Å². The number of hydrogen-bond donors (Lipinski definition) is 2. The van der Waals surface area contributed by atoms with Crippen molar-refractivity contribution < 1.29 is 4.39 Å². The molecule has 2 rings (SSSR count). The summed E-state index contributed by atoms with van der Waals surface area (Å²) in [4.78, 5) is 2.18. The fourth-order valence-electron chi connectivity index (χ4n) is 2.61. The molecule has 2 N–H and O–H groups in total. The average Bonchev–Trinajstić information content (AvgIpc) is 2.61. The van der Waals surface area contributed by atoms with Gasteiger partial charge in [-0.1, -0.05) is 43.3 Å². The molecule has 0 aliphatic heterocycles. The fraction of sp³-hybridized carbons (Fsp3) is 0.350. The minimum absolute atomic E-state index is 0.229. The van der Waals surface area contributed by atoms with E-state index in [-0.39, 0.29) is 11.9 Å². The molecule has 0 heterocycles. The first-order valence-electron chi connectivity index (χ1n) is 8.51. The van der Waals surface area contributed by atoms with E-state index in [1.54, 1.807) is 12.1 Å². The third-order valence-corrected chi connectivity index (χ3v) is 4.51. The first-order valence-corrected chi connectivity index (χ1v) is 8.91. The van der Waals surface area contributed by atoms with Crippen LogP contribution in [0.5, 0.6) is 0 Å². The monoisotopic (exact) mass is 359 g/mol. The second kappa shape index (κ2) is 9.49. The van der Waals surface area contributed by atoms with Gasteiger partial charge in [0.05, 0.1) is 6.04 Å². The quantitative estimate of drug-likeness (QED) is 0.738. The van der Waals surface area contributed by atoms with Crippen LogP contribution in [-0.4, -0.2) is 30.7 Å². The smallest absolute Gasteiger partial charge is 0.166 e. The van der Waals surface area contributed by atoms with Crippen molar-refractivity contribution in [2.24, 2.45) is 0 Å². The van der Waals surface area contributed by atoms with E-state index in [1.165, 1.54) is 23.3 Å². The Hall–Kier alpha value is -1.98. The topological polar surface area (TPSA) is 27.3 Å². The Balaban J connectivity index is 1.87. The van der Waals surface area contributed by atoms with Crippen molar-refractivity contribution in [1.82, 2.24) is 15.5 Å². The second-order valence-electron chi connectivity index (χ2n) is 6.26. The van der Waals surface area contributed by atoms with Crippen LogP contribution in [0, 0.1) is 5.82 Å². The Bertz CT molecular complexity index is 668. The van der Waals surface area contributed by atoms with Crippen molar-refractivity contribution in [3.63, 3.8) is 0 Å². The standard InChI is InChI=1S/C20H26FN3S/c1-4-15-5-9-17(10-6-15)19(24(2)3)14-23-20(25)22-13-16-7-11-18(21)12-8-16/h5-12,19H,4,13-14H2,1-3H3,(H2,22,23,25)/t19-/m1/s1. The molecule has 0 radical (unpaired) electrons. The number of thiocarbonyl (C=S) groups is 1. The van der Waals surface area contributed by atoms with E-state index in [2.05, 4.69) is 60.8 Å². The van der Waals surface area contributed by atoms with E-state index < -0.39 is 0 Å². The van der Waals surface area contributed by atoms with Crippen LogP contribution in [0.3, 0.4) is 0 Å². The van der Waals surface area contributed by atoms with Crippen molar-refractivity contribution in [3.05, 3.63) is 71.0 Å². The summed E-state index contributed by atoms with van der Waals surface area (Å²) in [5, 5.41) is 7.04. The van der Waals surface area contributed by atoms with Gasteiger partial charge in [0, 0.05) is 13.1 Å². The molecule has 0 saturated carbocycles. The number of halogens is 1. The molecule has 25 heavy (non-hydrogen) atoms. The summed E-state index contributed by atoms with van der Waals surface area (Å²) >= 11 is 5.36. The highest BCUT2D eigenvalue weighted by Crippen LogP contribution is 2.18. The van der Waals surface area contributed by atoms with Gasteiger partial charge in [0.15, 0.2) is 5.11 Å². The van der Waals surface area contributed by atoms with Crippen molar-refractivity contribution >= 4 is 17.3 Å². The van der Waals surface area contributed by atoms with Gasteiger partial charge in [-0.05, 0) is 61.6 Å². The maximum Gasteiger partial charge on any atom is 0.166 e. The van der Waals surface area contributed by atoms with Crippen molar-refractivity contribution in [3.8, 4) is 0 Å². The predicted octanol–water partition coefficient (Wildman–Crippen LogP) is 3.66. The average molecular weight is 360 g/mol. The second-order valence-corrected chi connectivity index (χ2v) is 6.67. The highest BCUT2D eigenvalue weighted by atomic mass is 32.1. The number of hydrogen-bond acceptors (Lipinski definition) is 2. The van der Waals surface area contributed by atoms with E-state index in [0.29, 0.717) is 18.2 Å². The van der Waals surface area contributed by atoms with E-state index in [9.17, 15) is 4.39 Å². The molecule has 0 spiro atoms. The lowest BCUT2D eigenvalue weighted by molar-refractivity contribution is 0.298. The molecule has 0 amide bonds. The highest BCUT2D eigenvalue weighted by molar-refractivity contribution is 7.80. The van der Waals surface area contributed by atoms with Crippen molar-refractivity contribution in [1.29, 1.82) is 0 Å². The maximum absolute atomic E-state index is 12.9. The van der Waals surface area contributed by atoms with Gasteiger partial charge < -0.3 is 15.5 Å². The zero-order valence-electron chi connectivity index (χ0n) is 15.1. The van der Waals surface area contributed by atoms with Crippen LogP contribution in [0.1, 0.15) is 29.7 Å². The lowest BCUT2D eigenvalue weighted by atomic mass is 10.0. The lowest BCUT2D eigenvalue weighted by Gasteiger charge is -2.26. The van der Waals surface area contributed by atoms with E-state index >= 15 is 0 Å². The molecule has 0 fully saturated rings. The molecule has 2 aromatic rings. The number of rotatable bonds is 7. The molecule has 0 aromatic heterocycles. The number of benzene rings is 2. The van der Waals surface area contributed by atoms with Crippen LogP contribution in [0.15, 0.2) is 48.5 Å². The van der Waals surface area contributed by atoms with Crippen molar-refractivity contribution in [2.75, 3.05) is 20.6 Å². The van der Waals surface area contributed by atoms with Crippen LogP contribution < -0.4 is 10.6 Å². The Labute approximate surface area is 155 Å². The van der Waals surface area contributed by atoms with Gasteiger partial charge in [0.25, 0.3) is 0 Å². The normalized spacial score (nSPS) is 12.0. The van der Waals surface area contributed by atoms with Gasteiger partial charge >= 0.3 is 0 Å². The lowest BCUT2D eigenvalue weighted by Crippen LogP contribution is -2.40. The summed E-state index contributed by atoms with van der Waals surface area (Å²) < 4.78 is 12.9. The predicted molar refractivity (Wildman–Crippen MR) is 106 cm³/mol. The molecule has 0 aliphatic carbocycles. The Morgan fingerprint density at radius 2 is 1.60 bits per heavy atom. The molecule has 3 nitrogen and oxygen atoms in total. The zero-order valence-corrected chi connectivity index (χ0v) is 15.9. The van der Waals surface area contributed by atoms with Crippen molar-refractivity contribution in [2.45, 2.75) is 25.9 Å². The zero-order chi connectivity index (χ0) is 18.2. The number of nitrogens with one attached hydrogen (secondary N) is 2. The fourth-order valence-corrected chi connectivity index (χ4v) is 2.77. The summed E-state index contributed by atoms with van der Waals surface area (Å²) in [6.07, 6.45) is 1.04. The minimum Gasteiger partial charge on any atom is -0.361 e. The van der Waals surface area contributed by atoms with E-state index in [1.807, 2.05) is 0 Å². The summed E-state index contributed by atoms with van der Waals surface area (Å²) in [5.74, 6) is -0.229. The first kappa shape index (κ1) is 19.3. The van der Waals surface area contributed by atoms with Gasteiger partial charge in [-0.3, -0.25) is 0 Å². The molecule has 134 valence electrons. The number of likely N-dealkylation sites (N-methyl/N-ethyl adjacent to an activating group) is 1.